The second-order valence-electron chi connectivity index (χ2n) is 13.9. The molecule has 2 amide bonds. The van der Waals surface area contributed by atoms with Gasteiger partial charge in [-0.2, -0.15) is 0 Å². The van der Waals surface area contributed by atoms with Crippen LogP contribution in [0.25, 0.3) is 0 Å². The molecule has 3 atom stereocenters. The summed E-state index contributed by atoms with van der Waals surface area (Å²) in [6.07, 6.45) is 8.29. The van der Waals surface area contributed by atoms with Crippen molar-refractivity contribution in [3.05, 3.63) is 71.3 Å². The molecule has 1 saturated heterocycles. The molecule has 292 valence electrons. The molecule has 2 fully saturated rings. The van der Waals surface area contributed by atoms with E-state index in [1.54, 1.807) is 58.6 Å². The van der Waals surface area contributed by atoms with Crippen molar-refractivity contribution in [2.75, 3.05) is 48.7 Å². The molecule has 0 bridgehead atoms. The highest BCUT2D eigenvalue weighted by atomic mass is 16.5. The summed E-state index contributed by atoms with van der Waals surface area (Å²) in [5, 5.41) is 12.5. The minimum absolute atomic E-state index is 0.0676. The summed E-state index contributed by atoms with van der Waals surface area (Å²) in [6, 6.07) is 15.5. The van der Waals surface area contributed by atoms with Crippen molar-refractivity contribution in [1.29, 1.82) is 0 Å². The SMILES string of the molecule is COc1ccc(CCC(NC(=O)C2CCCCN2C(=O)C(c2cc(OC)c(OC)c(OC)c2)C2CCCCC2)c2cccc(OCC(=O)O)c2)cc1OC. The number of aliphatic carboxylic acids is 1. The van der Waals surface area contributed by atoms with Crippen LogP contribution in [-0.2, 0) is 20.8 Å². The van der Waals surface area contributed by atoms with E-state index >= 15 is 0 Å². The highest BCUT2D eigenvalue weighted by molar-refractivity contribution is 5.91. The Morgan fingerprint density at radius 3 is 2.09 bits per heavy atom. The lowest BCUT2D eigenvalue weighted by atomic mass is 9.75. The first-order valence-corrected chi connectivity index (χ1v) is 18.8. The molecular formula is C42H54N2O10. The van der Waals surface area contributed by atoms with E-state index in [-0.39, 0.29) is 17.7 Å². The van der Waals surface area contributed by atoms with Gasteiger partial charge in [0.2, 0.25) is 17.6 Å². The number of likely N-dealkylation sites (tertiary alicyclic amines) is 1. The Morgan fingerprint density at radius 1 is 0.759 bits per heavy atom. The van der Waals surface area contributed by atoms with E-state index in [0.717, 1.165) is 61.6 Å². The summed E-state index contributed by atoms with van der Waals surface area (Å²) in [4.78, 5) is 42.5. The van der Waals surface area contributed by atoms with Crippen LogP contribution in [-0.4, -0.2) is 82.5 Å². The molecule has 12 nitrogen and oxygen atoms in total. The standard InChI is InChI=1S/C42H54N2O10/c1-49-34-20-18-27(22-35(34)50-2)17-19-32(29-14-11-15-31(23-29)54-26-38(45)46)43-41(47)33-16-9-10-21-44(33)42(48)39(28-12-7-6-8-13-28)30-24-36(51-3)40(53-5)37(25-30)52-4/h11,14-15,18,20,22-25,28,32-33,39H,6-10,12-13,16-17,19,21,26H2,1-5H3,(H,43,47)(H,45,46). The van der Waals surface area contributed by atoms with E-state index in [1.165, 1.54) is 0 Å². The van der Waals surface area contributed by atoms with Crippen molar-refractivity contribution in [2.45, 2.75) is 82.2 Å². The van der Waals surface area contributed by atoms with Crippen molar-refractivity contribution in [3.8, 4) is 34.5 Å². The monoisotopic (exact) mass is 746 g/mol. The van der Waals surface area contributed by atoms with Crippen LogP contribution in [0.5, 0.6) is 34.5 Å². The topological polar surface area (TPSA) is 142 Å². The van der Waals surface area contributed by atoms with Crippen LogP contribution in [0.3, 0.4) is 0 Å². The molecule has 3 aromatic rings. The van der Waals surface area contributed by atoms with E-state index in [1.807, 2.05) is 36.4 Å². The Hall–Kier alpha value is -5.13. The smallest absolute Gasteiger partial charge is 0.341 e. The Morgan fingerprint density at radius 2 is 1.44 bits per heavy atom. The number of rotatable bonds is 17. The molecule has 0 aromatic heterocycles. The number of hydrogen-bond donors (Lipinski definition) is 2. The lowest BCUT2D eigenvalue weighted by Crippen LogP contribution is -2.54. The van der Waals surface area contributed by atoms with Crippen LogP contribution in [0.4, 0.5) is 0 Å². The third-order valence-corrected chi connectivity index (χ3v) is 10.6. The molecule has 54 heavy (non-hydrogen) atoms. The number of hydrogen-bond acceptors (Lipinski definition) is 9. The van der Waals surface area contributed by atoms with Gasteiger partial charge in [0.1, 0.15) is 11.8 Å². The zero-order valence-electron chi connectivity index (χ0n) is 32.1. The van der Waals surface area contributed by atoms with E-state index in [2.05, 4.69) is 5.32 Å². The second-order valence-corrected chi connectivity index (χ2v) is 13.9. The molecule has 12 heteroatoms. The Labute approximate surface area is 318 Å². The largest absolute Gasteiger partial charge is 0.493 e. The number of nitrogens with zero attached hydrogens (tertiary/aromatic N) is 1. The summed E-state index contributed by atoms with van der Waals surface area (Å²) in [5.41, 5.74) is 2.54. The first kappa shape index (κ1) is 40.1. The number of methoxy groups -OCH3 is 5. The normalized spacial score (nSPS) is 17.1. The zero-order chi connectivity index (χ0) is 38.6. The van der Waals surface area contributed by atoms with Crippen molar-refractivity contribution in [3.63, 3.8) is 0 Å². The van der Waals surface area contributed by atoms with Gasteiger partial charge in [0.15, 0.2) is 29.6 Å². The van der Waals surface area contributed by atoms with Crippen LogP contribution in [0, 0.1) is 5.92 Å². The highest BCUT2D eigenvalue weighted by Gasteiger charge is 2.40. The summed E-state index contributed by atoms with van der Waals surface area (Å²) >= 11 is 0. The maximum Gasteiger partial charge on any atom is 0.341 e. The van der Waals surface area contributed by atoms with E-state index in [9.17, 15) is 19.5 Å². The number of ether oxygens (including phenoxy) is 6. The molecule has 2 aliphatic rings. The number of carboxylic acids is 1. The Kier molecular flexibility index (Phi) is 14.3. The van der Waals surface area contributed by atoms with E-state index in [4.69, 9.17) is 28.4 Å². The van der Waals surface area contributed by atoms with Crippen LogP contribution in [0.2, 0.25) is 0 Å². The van der Waals surface area contributed by atoms with Gasteiger partial charge in [0.05, 0.1) is 47.5 Å². The third kappa shape index (κ3) is 9.69. The molecular weight excluding hydrogens is 692 g/mol. The predicted molar refractivity (Wildman–Crippen MR) is 203 cm³/mol. The highest BCUT2D eigenvalue weighted by Crippen LogP contribution is 2.45. The number of carbonyl (C=O) groups is 3. The zero-order valence-corrected chi connectivity index (χ0v) is 32.1. The average molecular weight is 747 g/mol. The average Bonchev–Trinajstić information content (AvgIpc) is 3.21. The molecule has 1 aliphatic heterocycles. The molecule has 1 heterocycles. The molecule has 5 rings (SSSR count). The molecule has 0 spiro atoms. The van der Waals surface area contributed by atoms with Gasteiger partial charge in [-0.25, -0.2) is 4.79 Å². The second kappa shape index (κ2) is 19.3. The number of benzene rings is 3. The van der Waals surface area contributed by atoms with Gasteiger partial charge >= 0.3 is 5.97 Å². The third-order valence-electron chi connectivity index (χ3n) is 10.6. The summed E-state index contributed by atoms with van der Waals surface area (Å²) in [5.74, 6) is 1.27. The molecule has 3 unspecified atom stereocenters. The summed E-state index contributed by atoms with van der Waals surface area (Å²) < 4.78 is 33.4. The maximum atomic E-state index is 15.0. The van der Waals surface area contributed by atoms with Crippen molar-refractivity contribution < 1.29 is 47.9 Å². The summed E-state index contributed by atoms with van der Waals surface area (Å²) in [7, 11) is 7.87. The fourth-order valence-corrected chi connectivity index (χ4v) is 7.91. The minimum Gasteiger partial charge on any atom is -0.493 e. The maximum absolute atomic E-state index is 15.0. The lowest BCUT2D eigenvalue weighted by Gasteiger charge is -2.40. The number of nitrogens with one attached hydrogen (secondary N) is 1. The van der Waals surface area contributed by atoms with Gasteiger partial charge in [0, 0.05) is 6.54 Å². The van der Waals surface area contributed by atoms with Crippen LogP contribution >= 0.6 is 0 Å². The number of piperidine rings is 1. The first-order chi connectivity index (χ1) is 26.2. The quantitative estimate of drug-likeness (QED) is 0.153. The fourth-order valence-electron chi connectivity index (χ4n) is 7.91. The summed E-state index contributed by atoms with van der Waals surface area (Å²) in [6.45, 7) is -0.0151. The van der Waals surface area contributed by atoms with E-state index < -0.39 is 30.6 Å². The van der Waals surface area contributed by atoms with Gasteiger partial charge in [-0.1, -0.05) is 37.5 Å². The van der Waals surface area contributed by atoms with Gasteiger partial charge in [-0.3, -0.25) is 9.59 Å². The van der Waals surface area contributed by atoms with Gasteiger partial charge in [-0.15, -0.1) is 0 Å². The van der Waals surface area contributed by atoms with E-state index in [0.29, 0.717) is 60.3 Å². The molecule has 1 aliphatic carbocycles. The van der Waals surface area contributed by atoms with Crippen molar-refractivity contribution in [1.82, 2.24) is 10.2 Å². The number of aryl methyl sites for hydroxylation is 1. The van der Waals surface area contributed by atoms with Gasteiger partial charge in [-0.05, 0) is 104 Å². The van der Waals surface area contributed by atoms with Crippen LogP contribution in [0.1, 0.15) is 86.4 Å². The lowest BCUT2D eigenvalue weighted by molar-refractivity contribution is -0.145. The Bertz CT molecular complexity index is 1710. The van der Waals surface area contributed by atoms with Crippen molar-refractivity contribution in [2.24, 2.45) is 5.92 Å². The fraction of sp³-hybridized carbons (Fsp3) is 0.500. The number of carboxylic acid groups (broad SMARTS) is 1. The minimum atomic E-state index is -1.08. The first-order valence-electron chi connectivity index (χ1n) is 18.8. The predicted octanol–water partition coefficient (Wildman–Crippen LogP) is 6.73. The van der Waals surface area contributed by atoms with Crippen LogP contribution in [0.15, 0.2) is 54.6 Å². The molecule has 2 N–H and O–H groups in total. The molecule has 3 aromatic carbocycles. The number of carbonyl (C=O) groups excluding carboxylic acids is 2. The van der Waals surface area contributed by atoms with Crippen molar-refractivity contribution >= 4 is 17.8 Å². The van der Waals surface area contributed by atoms with Gasteiger partial charge < -0.3 is 43.7 Å². The van der Waals surface area contributed by atoms with Crippen LogP contribution < -0.4 is 33.7 Å². The Balaban J connectivity index is 1.45. The molecule has 1 saturated carbocycles. The number of amides is 2. The van der Waals surface area contributed by atoms with Gasteiger partial charge in [0.25, 0.3) is 0 Å². The molecule has 0 radical (unpaired) electrons.